The van der Waals surface area contributed by atoms with Gasteiger partial charge >= 0.3 is 17.9 Å². The van der Waals surface area contributed by atoms with Crippen LogP contribution in [0, 0.1) is 0 Å². The molecular formula is C27H32Cl2N4O9. The van der Waals surface area contributed by atoms with Gasteiger partial charge in [-0.2, -0.15) is 0 Å². The number of nitrogens with one attached hydrogen (secondary N) is 1. The van der Waals surface area contributed by atoms with Crippen molar-refractivity contribution in [1.29, 1.82) is 0 Å². The Labute approximate surface area is 264 Å². The lowest BCUT2D eigenvalue weighted by molar-refractivity contribution is -0.167. The highest BCUT2D eigenvalue weighted by Gasteiger charge is 2.51. The Kier molecular flexibility index (Phi) is 9.07. The molecule has 1 atom stereocenters. The molecule has 8 N–H and O–H groups in total. The van der Waals surface area contributed by atoms with Gasteiger partial charge in [0.25, 0.3) is 0 Å². The summed E-state index contributed by atoms with van der Waals surface area (Å²) in [6, 6.07) is -7.51. The quantitative estimate of drug-likeness (QED) is 0.0978. The van der Waals surface area contributed by atoms with E-state index in [1.54, 1.807) is 0 Å². The van der Waals surface area contributed by atoms with E-state index in [0.29, 0.717) is 0 Å². The molecule has 228 valence electrons. The summed E-state index contributed by atoms with van der Waals surface area (Å²) < 4.78 is 78.2. The number of halogens is 2. The molecule has 42 heavy (non-hydrogen) atoms. The molecule has 13 nitrogen and oxygen atoms in total. The van der Waals surface area contributed by atoms with Gasteiger partial charge in [-0.05, 0) is 50.1 Å². The molecule has 1 amide bonds. The summed E-state index contributed by atoms with van der Waals surface area (Å²) in [5, 5.41) is 9.96. The van der Waals surface area contributed by atoms with Gasteiger partial charge < -0.3 is 37.1 Å². The molecule has 1 unspecified atom stereocenters. The minimum absolute atomic E-state index is 0.158. The summed E-state index contributed by atoms with van der Waals surface area (Å²) in [6.45, 7) is 3.62. The van der Waals surface area contributed by atoms with Crippen LogP contribution in [0.1, 0.15) is 66.6 Å². The predicted octanol–water partition coefficient (Wildman–Crippen LogP) is 2.40. The highest BCUT2D eigenvalue weighted by atomic mass is 35.5. The lowest BCUT2D eigenvalue weighted by atomic mass is 9.89. The molecule has 15 heteroatoms. The Bertz CT molecular complexity index is 1720. The second-order valence-corrected chi connectivity index (χ2v) is 8.51. The molecule has 0 aliphatic heterocycles. The van der Waals surface area contributed by atoms with Gasteiger partial charge in [-0.3, -0.25) is 19.2 Å². The largest absolute Gasteiger partial charge is 0.480 e. The molecule has 0 saturated heterocycles. The molecule has 2 aromatic carbocycles. The van der Waals surface area contributed by atoms with Gasteiger partial charge in [0.2, 0.25) is 11.4 Å². The van der Waals surface area contributed by atoms with Crippen LogP contribution in [0.15, 0.2) is 36.3 Å². The van der Waals surface area contributed by atoms with Crippen LogP contribution in [-0.2, 0) is 28.7 Å². The Morgan fingerprint density at radius 1 is 0.952 bits per heavy atom. The van der Waals surface area contributed by atoms with Crippen LogP contribution in [0.2, 0.25) is 10.0 Å². The van der Waals surface area contributed by atoms with Crippen molar-refractivity contribution in [1.82, 2.24) is 5.32 Å². The maximum absolute atomic E-state index is 12.9. The van der Waals surface area contributed by atoms with E-state index in [2.05, 4.69) is 5.32 Å². The number of nitrogens with two attached hydrogens (primary N) is 3. The lowest BCUT2D eigenvalue weighted by Crippen LogP contribution is -2.62. The summed E-state index contributed by atoms with van der Waals surface area (Å²) in [5.41, 5.74) is 11.0. The lowest BCUT2D eigenvalue weighted by Gasteiger charge is -2.29. The Morgan fingerprint density at radius 2 is 1.38 bits per heavy atom. The van der Waals surface area contributed by atoms with Crippen LogP contribution in [-0.4, -0.2) is 65.3 Å². The van der Waals surface area contributed by atoms with Crippen molar-refractivity contribution in [2.75, 3.05) is 24.7 Å². The summed E-state index contributed by atoms with van der Waals surface area (Å²) in [5.74, 6) is -8.15. The Morgan fingerprint density at radius 3 is 1.76 bits per heavy atom. The number of esters is 2. The maximum atomic E-state index is 12.9. The van der Waals surface area contributed by atoms with E-state index in [-0.39, 0.29) is 13.2 Å². The van der Waals surface area contributed by atoms with E-state index < -0.39 is 129 Å². The highest BCUT2D eigenvalue weighted by Crippen LogP contribution is 2.25. The Hall–Kier alpha value is -4.20. The molecule has 0 heterocycles. The predicted molar refractivity (Wildman–Crippen MR) is 155 cm³/mol. The maximum Gasteiger partial charge on any atom is 0.344 e. The number of hydrogen-bond acceptors (Lipinski definition) is 11. The molecule has 2 rings (SSSR count). The van der Waals surface area contributed by atoms with Crippen molar-refractivity contribution >= 4 is 70.0 Å². The number of aliphatic carboxylic acids is 1. The average Bonchev–Trinajstić information content (AvgIpc) is 3.04. The van der Waals surface area contributed by atoms with Crippen LogP contribution in [0.5, 0.6) is 0 Å². The van der Waals surface area contributed by atoms with E-state index >= 15 is 0 Å². The first-order valence-electron chi connectivity index (χ1n) is 16.0. The van der Waals surface area contributed by atoms with E-state index in [1.165, 1.54) is 13.8 Å². The summed E-state index contributed by atoms with van der Waals surface area (Å²) >= 11 is 11.3. The van der Waals surface area contributed by atoms with Crippen LogP contribution in [0.25, 0.3) is 0 Å². The van der Waals surface area contributed by atoms with E-state index in [4.69, 9.17) is 67.3 Å². The fourth-order valence-electron chi connectivity index (χ4n) is 2.94. The standard InChI is InChI=1S/C17H21ClN2O6.C10H11ClN2O3/c1-4-25-15(23)17(20-10(3)21,16(24)26-5-2)9-14(22)12-7-6-11(18)8-13(12)19;11-5-1-2-6(7(12)3-5)9(14)4-8(13)10(15)16/h6-8H,4-5,9,19H2,1-3H3,(H,20,21);1-3,8H,4,12-13H2,(H,15,16)/i6D,7D,8D;1D,2D,3D,4D2,8D. The number of anilines is 2. The number of carboxylic acids is 1. The normalized spacial score (nSPS) is 15.4. The number of ether oxygens (including phenoxy) is 2. The molecule has 0 aliphatic carbocycles. The van der Waals surface area contributed by atoms with Crippen molar-refractivity contribution in [3.63, 3.8) is 0 Å². The van der Waals surface area contributed by atoms with Crippen LogP contribution in [0.4, 0.5) is 11.4 Å². The monoisotopic (exact) mass is 635 g/mol. The highest BCUT2D eigenvalue weighted by molar-refractivity contribution is 6.31. The number of nitrogen functional groups attached to an aromatic ring is 2. The second-order valence-electron chi connectivity index (χ2n) is 7.76. The molecule has 0 aliphatic rings. The van der Waals surface area contributed by atoms with Crippen molar-refractivity contribution < 1.29 is 55.7 Å². The van der Waals surface area contributed by atoms with Gasteiger partial charge in [-0.15, -0.1) is 0 Å². The number of benzene rings is 2. The number of hydrogen-bond donors (Lipinski definition) is 5. The molecule has 0 radical (unpaired) electrons. The van der Waals surface area contributed by atoms with Crippen LogP contribution in [0.3, 0.4) is 0 Å². The van der Waals surface area contributed by atoms with Gasteiger partial charge in [0.05, 0.1) is 29.2 Å². The summed E-state index contributed by atoms with van der Waals surface area (Å²) in [6.07, 6.45) is -4.46. The van der Waals surface area contributed by atoms with Crippen molar-refractivity contribution in [2.45, 2.75) is 45.1 Å². The van der Waals surface area contributed by atoms with Crippen LogP contribution < -0.4 is 22.5 Å². The summed E-state index contributed by atoms with van der Waals surface area (Å²) in [4.78, 5) is 72.9. The van der Waals surface area contributed by atoms with Gasteiger partial charge in [0, 0.05) is 48.6 Å². The third kappa shape index (κ3) is 10.0. The minimum atomic E-state index is -3.46. The number of rotatable bonds is 12. The summed E-state index contributed by atoms with van der Waals surface area (Å²) in [7, 11) is 0. The Balaban J connectivity index is 0.000000530. The van der Waals surface area contributed by atoms with Crippen LogP contribution >= 0.6 is 23.2 Å². The van der Waals surface area contributed by atoms with Crippen molar-refractivity contribution in [3.8, 4) is 0 Å². The zero-order chi connectivity index (χ0) is 40.1. The van der Waals surface area contributed by atoms with Gasteiger partial charge in [-0.1, -0.05) is 23.2 Å². The molecular weight excluding hydrogens is 595 g/mol. The third-order valence-corrected chi connectivity index (χ3v) is 5.05. The fraction of sp³-hybridized carbons (Fsp3) is 0.333. The van der Waals surface area contributed by atoms with Crippen molar-refractivity contribution in [3.05, 3.63) is 57.4 Å². The molecule has 0 saturated carbocycles. The molecule has 0 aromatic heterocycles. The van der Waals surface area contributed by atoms with Crippen molar-refractivity contribution in [2.24, 2.45) is 5.73 Å². The first-order valence-corrected chi connectivity index (χ1v) is 12.3. The molecule has 0 bridgehead atoms. The third-order valence-electron chi connectivity index (χ3n) is 4.67. The number of amides is 1. The topological polar surface area (TPSA) is 231 Å². The number of Topliss-reactive ketones (excluding diaryl/α,β-unsaturated/α-hetero) is 2. The fourth-order valence-corrected chi connectivity index (χ4v) is 3.24. The van der Waals surface area contributed by atoms with Gasteiger partial charge in [0.15, 0.2) is 11.6 Å². The van der Waals surface area contributed by atoms with Gasteiger partial charge in [0.1, 0.15) is 6.02 Å². The number of carboxylic acid groups (broad SMARTS) is 1. The van der Waals surface area contributed by atoms with Gasteiger partial charge in [-0.25, -0.2) is 9.59 Å². The number of carbonyl (C=O) groups is 6. The number of ketones is 2. The SMILES string of the molecule is [2H]c1c([2H])c(C(=O)C([2H])([2H])C([2H])(N)C(=O)O)c(N)c([2H])c1Cl.[2H]c1c([2H])c(C(=O)CC(NC(C)=O)(C(=O)OCC)C(=O)OCC)c(N)c([2H])c1Cl. The number of carbonyl (C=O) groups excluding carboxylic acids is 5. The zero-order valence-corrected chi connectivity index (χ0v) is 23.8. The first-order chi connectivity index (χ1) is 23.2. The molecule has 0 fully saturated rings. The van der Waals surface area contributed by atoms with E-state index in [9.17, 15) is 28.8 Å². The van der Waals surface area contributed by atoms with E-state index in [1.807, 2.05) is 0 Å². The minimum Gasteiger partial charge on any atom is -0.480 e. The zero-order valence-electron chi connectivity index (χ0n) is 31.3. The first kappa shape index (κ1) is 23.4. The molecule has 0 spiro atoms. The molecule has 2 aromatic rings. The van der Waals surface area contributed by atoms with E-state index in [0.717, 1.165) is 6.92 Å². The second kappa shape index (κ2) is 16.3. The average molecular weight is 637 g/mol. The smallest absolute Gasteiger partial charge is 0.344 e.